The molecule has 0 rings (SSSR count). The van der Waals surface area contributed by atoms with Gasteiger partial charge in [0.05, 0.1) is 13.7 Å². The van der Waals surface area contributed by atoms with Gasteiger partial charge in [-0.05, 0) is 13.3 Å². The molecule has 5 heteroatoms. The van der Waals surface area contributed by atoms with Crippen LogP contribution in [0.25, 0.3) is 0 Å². The van der Waals surface area contributed by atoms with Gasteiger partial charge in [-0.3, -0.25) is 0 Å². The monoisotopic (exact) mass is 315 g/mol. The van der Waals surface area contributed by atoms with Crippen molar-refractivity contribution in [3.05, 3.63) is 0 Å². The molecule has 22 heavy (non-hydrogen) atoms. The molecule has 0 saturated carbocycles. The van der Waals surface area contributed by atoms with Crippen LogP contribution in [0.5, 0.6) is 0 Å². The van der Waals surface area contributed by atoms with Gasteiger partial charge in [-0.25, -0.2) is 9.59 Å². The van der Waals surface area contributed by atoms with E-state index < -0.39 is 18.1 Å². The van der Waals surface area contributed by atoms with E-state index in [0.29, 0.717) is 6.61 Å². The Morgan fingerprint density at radius 1 is 0.909 bits per heavy atom. The Bertz CT molecular complexity index is 294. The predicted octanol–water partition coefficient (Wildman–Crippen LogP) is 4.20. The molecule has 0 aliphatic heterocycles. The van der Waals surface area contributed by atoms with Gasteiger partial charge in [0.15, 0.2) is 0 Å². The van der Waals surface area contributed by atoms with Crippen LogP contribution in [0.15, 0.2) is 0 Å². The fourth-order valence-corrected chi connectivity index (χ4v) is 2.18. The Balaban J connectivity index is 3.35. The van der Waals surface area contributed by atoms with Crippen LogP contribution in [0, 0.1) is 0 Å². The minimum absolute atomic E-state index is 0.415. The van der Waals surface area contributed by atoms with E-state index in [1.165, 1.54) is 58.5 Å². The summed E-state index contributed by atoms with van der Waals surface area (Å²) in [6.45, 7) is 4.24. The van der Waals surface area contributed by atoms with Crippen LogP contribution in [-0.2, 0) is 14.3 Å². The molecule has 0 aliphatic carbocycles. The van der Waals surface area contributed by atoms with Gasteiger partial charge >= 0.3 is 12.1 Å². The molecular formula is C17H33NO4. The van der Waals surface area contributed by atoms with E-state index in [4.69, 9.17) is 4.74 Å². The molecular weight excluding hydrogens is 282 g/mol. The van der Waals surface area contributed by atoms with Crippen molar-refractivity contribution < 1.29 is 19.1 Å². The normalized spacial score (nSPS) is 11.8. The second-order valence-corrected chi connectivity index (χ2v) is 5.71. The minimum atomic E-state index is -0.671. The molecule has 0 aliphatic rings. The zero-order valence-corrected chi connectivity index (χ0v) is 14.5. The summed E-state index contributed by atoms with van der Waals surface area (Å²) in [5, 5.41) is 2.38. The van der Waals surface area contributed by atoms with Crippen LogP contribution in [0.3, 0.4) is 0 Å². The van der Waals surface area contributed by atoms with Crippen LogP contribution in [0.4, 0.5) is 4.79 Å². The lowest BCUT2D eigenvalue weighted by Crippen LogP contribution is -2.39. The number of hydrogen-bond acceptors (Lipinski definition) is 4. The number of hydrogen-bond donors (Lipinski definition) is 1. The molecule has 0 bridgehead atoms. The van der Waals surface area contributed by atoms with Crippen molar-refractivity contribution in [2.45, 2.75) is 84.1 Å². The van der Waals surface area contributed by atoms with Crippen LogP contribution in [-0.4, -0.2) is 31.8 Å². The molecule has 0 fully saturated rings. The summed E-state index contributed by atoms with van der Waals surface area (Å²) >= 11 is 0. The molecule has 0 aromatic heterocycles. The Labute approximate surface area is 135 Å². The fraction of sp³-hybridized carbons (Fsp3) is 0.882. The molecule has 0 saturated heterocycles. The highest BCUT2D eigenvalue weighted by atomic mass is 16.5. The van der Waals surface area contributed by atoms with Crippen molar-refractivity contribution in [2.24, 2.45) is 0 Å². The number of alkyl carbamates (subject to hydrolysis) is 1. The zero-order chi connectivity index (χ0) is 16.6. The van der Waals surface area contributed by atoms with Gasteiger partial charge in [-0.15, -0.1) is 0 Å². The number of methoxy groups -OCH3 is 1. The minimum Gasteiger partial charge on any atom is -0.464 e. The number of carbonyl (C=O) groups excluding carboxylic acids is 2. The second kappa shape index (κ2) is 14.7. The van der Waals surface area contributed by atoms with Crippen molar-refractivity contribution in [3.8, 4) is 0 Å². The first-order valence-electron chi connectivity index (χ1n) is 8.63. The lowest BCUT2D eigenvalue weighted by Gasteiger charge is -2.12. The van der Waals surface area contributed by atoms with Crippen molar-refractivity contribution in [3.63, 3.8) is 0 Å². The molecule has 5 nitrogen and oxygen atoms in total. The summed E-state index contributed by atoms with van der Waals surface area (Å²) < 4.78 is 9.54. The van der Waals surface area contributed by atoms with Crippen molar-refractivity contribution >= 4 is 12.1 Å². The average molecular weight is 315 g/mol. The van der Waals surface area contributed by atoms with E-state index in [2.05, 4.69) is 17.0 Å². The van der Waals surface area contributed by atoms with E-state index in [1.807, 2.05) is 0 Å². The third kappa shape index (κ3) is 12.5. The SMILES string of the molecule is CCCCCCCCCCCCOC(=O)[C@H](C)NC(=O)OC. The van der Waals surface area contributed by atoms with E-state index in [-0.39, 0.29) is 0 Å². The van der Waals surface area contributed by atoms with Gasteiger partial charge in [0, 0.05) is 0 Å². The van der Waals surface area contributed by atoms with E-state index in [9.17, 15) is 9.59 Å². The van der Waals surface area contributed by atoms with Crippen molar-refractivity contribution in [1.82, 2.24) is 5.32 Å². The largest absolute Gasteiger partial charge is 0.464 e. The highest BCUT2D eigenvalue weighted by Gasteiger charge is 2.16. The molecule has 1 amide bonds. The van der Waals surface area contributed by atoms with Crippen molar-refractivity contribution in [1.29, 1.82) is 0 Å². The average Bonchev–Trinajstić information content (AvgIpc) is 2.52. The molecule has 1 atom stereocenters. The molecule has 0 heterocycles. The van der Waals surface area contributed by atoms with Crippen LogP contribution >= 0.6 is 0 Å². The van der Waals surface area contributed by atoms with Gasteiger partial charge in [0.25, 0.3) is 0 Å². The number of rotatable bonds is 13. The summed E-state index contributed by atoms with van der Waals surface area (Å²) in [5.41, 5.74) is 0. The number of esters is 1. The maximum absolute atomic E-state index is 11.6. The summed E-state index contributed by atoms with van der Waals surface area (Å²) in [7, 11) is 1.26. The standard InChI is InChI=1S/C17H33NO4/c1-4-5-6-7-8-9-10-11-12-13-14-22-16(19)15(2)18-17(20)21-3/h15H,4-14H2,1-3H3,(H,18,20)/t15-/m0/s1. The zero-order valence-electron chi connectivity index (χ0n) is 14.5. The van der Waals surface area contributed by atoms with Gasteiger partial charge in [0.1, 0.15) is 6.04 Å². The van der Waals surface area contributed by atoms with Crippen molar-refractivity contribution in [2.75, 3.05) is 13.7 Å². The summed E-state index contributed by atoms with van der Waals surface area (Å²) in [6.07, 6.45) is 11.8. The first-order chi connectivity index (χ1) is 10.6. The van der Waals surface area contributed by atoms with E-state index in [1.54, 1.807) is 6.92 Å². The Kier molecular flexibility index (Phi) is 13.8. The topological polar surface area (TPSA) is 64.6 Å². The summed E-state index contributed by atoms with van der Waals surface area (Å²) in [6, 6.07) is -0.671. The Hall–Kier alpha value is -1.26. The lowest BCUT2D eigenvalue weighted by atomic mass is 10.1. The highest BCUT2D eigenvalue weighted by molar-refractivity contribution is 5.80. The van der Waals surface area contributed by atoms with Gasteiger partial charge < -0.3 is 14.8 Å². The molecule has 0 radical (unpaired) electrons. The number of ether oxygens (including phenoxy) is 2. The van der Waals surface area contributed by atoms with Gasteiger partial charge in [-0.1, -0.05) is 64.7 Å². The Morgan fingerprint density at radius 3 is 1.91 bits per heavy atom. The maximum atomic E-state index is 11.6. The third-order valence-corrected chi connectivity index (χ3v) is 3.62. The smallest absolute Gasteiger partial charge is 0.407 e. The molecule has 0 unspecified atom stereocenters. The van der Waals surface area contributed by atoms with E-state index >= 15 is 0 Å². The molecule has 0 aromatic rings. The number of carbonyl (C=O) groups is 2. The van der Waals surface area contributed by atoms with E-state index in [0.717, 1.165) is 12.8 Å². The lowest BCUT2D eigenvalue weighted by molar-refractivity contribution is -0.145. The molecule has 130 valence electrons. The van der Waals surface area contributed by atoms with Crippen LogP contribution in [0.1, 0.15) is 78.1 Å². The number of unbranched alkanes of at least 4 members (excludes halogenated alkanes) is 9. The maximum Gasteiger partial charge on any atom is 0.407 e. The second-order valence-electron chi connectivity index (χ2n) is 5.71. The quantitative estimate of drug-likeness (QED) is 0.409. The first-order valence-corrected chi connectivity index (χ1v) is 8.63. The molecule has 0 aromatic carbocycles. The number of nitrogens with one attached hydrogen (secondary N) is 1. The Morgan fingerprint density at radius 2 is 1.41 bits per heavy atom. The van der Waals surface area contributed by atoms with Gasteiger partial charge in [0.2, 0.25) is 0 Å². The molecule has 1 N–H and O–H groups in total. The number of amides is 1. The highest BCUT2D eigenvalue weighted by Crippen LogP contribution is 2.10. The summed E-state index contributed by atoms with van der Waals surface area (Å²) in [5.74, 6) is -0.415. The third-order valence-electron chi connectivity index (χ3n) is 3.62. The van der Waals surface area contributed by atoms with Crippen LogP contribution < -0.4 is 5.32 Å². The first kappa shape index (κ1) is 20.7. The van der Waals surface area contributed by atoms with Gasteiger partial charge in [-0.2, -0.15) is 0 Å². The van der Waals surface area contributed by atoms with Crippen LogP contribution in [0.2, 0.25) is 0 Å². The predicted molar refractivity (Wildman–Crippen MR) is 87.8 cm³/mol. The fourth-order valence-electron chi connectivity index (χ4n) is 2.18. The summed E-state index contributed by atoms with van der Waals surface area (Å²) in [4.78, 5) is 22.5. The molecule has 0 spiro atoms.